The molecule has 0 bridgehead atoms. The Morgan fingerprint density at radius 1 is 1.03 bits per heavy atom. The van der Waals surface area contributed by atoms with Crippen molar-refractivity contribution in [1.29, 1.82) is 0 Å². The van der Waals surface area contributed by atoms with Crippen molar-refractivity contribution in [3.05, 3.63) is 81.7 Å². The van der Waals surface area contributed by atoms with Crippen LogP contribution in [0, 0.1) is 5.82 Å². The van der Waals surface area contributed by atoms with Crippen molar-refractivity contribution < 1.29 is 4.39 Å². The number of fused-ring (bicyclic) bond motifs is 3. The second-order valence-corrected chi connectivity index (χ2v) is 7.15. The first kappa shape index (κ1) is 18.3. The Morgan fingerprint density at radius 3 is 2.70 bits per heavy atom. The van der Waals surface area contributed by atoms with Crippen molar-refractivity contribution >= 4 is 44.1 Å². The Bertz CT molecular complexity index is 1470. The topological polar surface area (TPSA) is 98.0 Å². The van der Waals surface area contributed by atoms with Crippen molar-refractivity contribution in [3.63, 3.8) is 0 Å². The average Bonchev–Trinajstić information content (AvgIpc) is 3.10. The van der Waals surface area contributed by atoms with Crippen LogP contribution in [-0.4, -0.2) is 29.5 Å². The minimum atomic E-state index is -0.492. The summed E-state index contributed by atoms with van der Waals surface area (Å²) in [6.45, 7) is 0. The van der Waals surface area contributed by atoms with Gasteiger partial charge < -0.3 is 5.32 Å². The normalized spacial score (nSPS) is 11.1. The number of halogens is 2. The highest BCUT2D eigenvalue weighted by Gasteiger charge is 2.17. The van der Waals surface area contributed by atoms with Crippen LogP contribution in [0.5, 0.6) is 0 Å². The van der Waals surface area contributed by atoms with E-state index in [0.717, 1.165) is 9.86 Å². The van der Waals surface area contributed by atoms with Gasteiger partial charge in [0.2, 0.25) is 5.95 Å². The molecule has 1 N–H and O–H groups in total. The number of benzene rings is 2. The van der Waals surface area contributed by atoms with Gasteiger partial charge in [-0.15, -0.1) is 5.10 Å². The molecule has 3 aromatic heterocycles. The summed E-state index contributed by atoms with van der Waals surface area (Å²) >= 11 is 3.51. The lowest BCUT2D eigenvalue weighted by Crippen LogP contribution is -2.12. The van der Waals surface area contributed by atoms with Crippen LogP contribution in [-0.2, 0) is 0 Å². The molecule has 0 aliphatic heterocycles. The summed E-state index contributed by atoms with van der Waals surface area (Å²) in [6.07, 6.45) is 4.09. The quantitative estimate of drug-likeness (QED) is 0.435. The highest BCUT2D eigenvalue weighted by atomic mass is 79.9. The van der Waals surface area contributed by atoms with Crippen molar-refractivity contribution in [1.82, 2.24) is 29.5 Å². The van der Waals surface area contributed by atoms with Crippen LogP contribution in [0.2, 0.25) is 0 Å². The van der Waals surface area contributed by atoms with Gasteiger partial charge in [0, 0.05) is 27.8 Å². The van der Waals surface area contributed by atoms with E-state index in [1.165, 1.54) is 35.2 Å². The molecule has 0 spiro atoms. The number of para-hydroxylation sites is 1. The third-order valence-electron chi connectivity index (χ3n) is 4.38. The molecule has 2 aromatic carbocycles. The van der Waals surface area contributed by atoms with Gasteiger partial charge in [-0.05, 0) is 52.3 Å². The molecule has 0 aliphatic carbocycles. The van der Waals surface area contributed by atoms with Gasteiger partial charge in [0.25, 0.3) is 5.56 Å². The monoisotopic (exact) mass is 463 g/mol. The number of hydrogen-bond acceptors (Lipinski definition) is 7. The van der Waals surface area contributed by atoms with Gasteiger partial charge in [-0.3, -0.25) is 9.78 Å². The summed E-state index contributed by atoms with van der Waals surface area (Å²) in [5.41, 5.74) is 1.46. The molecule has 146 valence electrons. The van der Waals surface area contributed by atoms with E-state index in [9.17, 15) is 9.18 Å². The smallest absolute Gasteiger partial charge is 0.295 e. The number of rotatable bonds is 3. The minimum absolute atomic E-state index is 0.138. The molecule has 0 saturated carbocycles. The third kappa shape index (κ3) is 3.16. The van der Waals surface area contributed by atoms with Crippen LogP contribution < -0.4 is 10.9 Å². The molecule has 10 heteroatoms. The molecule has 5 rings (SSSR count). The molecule has 0 unspecified atom stereocenters. The lowest BCUT2D eigenvalue weighted by atomic mass is 10.2. The van der Waals surface area contributed by atoms with Gasteiger partial charge in [-0.1, -0.05) is 6.07 Å². The lowest BCUT2D eigenvalue weighted by Gasteiger charge is -2.08. The zero-order chi connectivity index (χ0) is 20.7. The Balaban J connectivity index is 1.78. The Labute approximate surface area is 176 Å². The summed E-state index contributed by atoms with van der Waals surface area (Å²) in [5, 5.41) is 8.25. The van der Waals surface area contributed by atoms with Crippen molar-refractivity contribution in [2.45, 2.75) is 0 Å². The maximum atomic E-state index is 13.3. The fourth-order valence-corrected chi connectivity index (χ4v) is 3.44. The molecule has 30 heavy (non-hydrogen) atoms. The number of nitrogens with one attached hydrogen (secondary N) is 1. The van der Waals surface area contributed by atoms with Crippen molar-refractivity contribution in [2.75, 3.05) is 5.32 Å². The van der Waals surface area contributed by atoms with Crippen LogP contribution in [0.3, 0.4) is 0 Å². The van der Waals surface area contributed by atoms with Crippen LogP contribution in [0.4, 0.5) is 16.0 Å². The predicted molar refractivity (Wildman–Crippen MR) is 113 cm³/mol. The Kier molecular flexibility index (Phi) is 4.40. The second kappa shape index (κ2) is 7.23. The first-order chi connectivity index (χ1) is 14.6. The largest absolute Gasteiger partial charge is 0.318 e. The minimum Gasteiger partial charge on any atom is -0.318 e. The maximum Gasteiger partial charge on any atom is 0.295 e. The molecule has 0 saturated heterocycles. The highest BCUT2D eigenvalue weighted by molar-refractivity contribution is 9.10. The SMILES string of the molecule is O=c1nccncc1Nc1nc2c(Br)cccc2c2nc(-c3ccc(F)cc3)nn12. The molecule has 0 fully saturated rings. The zero-order valence-electron chi connectivity index (χ0n) is 15.1. The molecular formula is C20H11BrFN7O. The van der Waals surface area contributed by atoms with Gasteiger partial charge in [0.05, 0.1) is 11.7 Å². The predicted octanol–water partition coefficient (Wildman–Crippen LogP) is 3.74. The molecule has 0 amide bonds. The second-order valence-electron chi connectivity index (χ2n) is 6.30. The summed E-state index contributed by atoms with van der Waals surface area (Å²) in [7, 11) is 0. The van der Waals surface area contributed by atoms with E-state index in [4.69, 9.17) is 0 Å². The number of nitrogens with zero attached hydrogens (tertiary/aromatic N) is 6. The first-order valence-electron chi connectivity index (χ1n) is 8.78. The van der Waals surface area contributed by atoms with E-state index < -0.39 is 5.56 Å². The van der Waals surface area contributed by atoms with Crippen LogP contribution in [0.1, 0.15) is 0 Å². The highest BCUT2D eigenvalue weighted by Crippen LogP contribution is 2.29. The number of aromatic nitrogens is 6. The third-order valence-corrected chi connectivity index (χ3v) is 5.02. The summed E-state index contributed by atoms with van der Waals surface area (Å²) in [4.78, 5) is 29.2. The van der Waals surface area contributed by atoms with E-state index in [-0.39, 0.29) is 17.5 Å². The molecule has 5 aromatic rings. The molecule has 0 radical (unpaired) electrons. The van der Waals surface area contributed by atoms with E-state index >= 15 is 0 Å². The summed E-state index contributed by atoms with van der Waals surface area (Å²) < 4.78 is 15.6. The molecule has 8 nitrogen and oxygen atoms in total. The Hall–Kier alpha value is -3.79. The molecular weight excluding hydrogens is 453 g/mol. The van der Waals surface area contributed by atoms with E-state index in [2.05, 4.69) is 46.3 Å². The zero-order valence-corrected chi connectivity index (χ0v) is 16.7. The van der Waals surface area contributed by atoms with Crippen molar-refractivity contribution in [2.24, 2.45) is 0 Å². The van der Waals surface area contributed by atoms with Crippen LogP contribution in [0.15, 0.2) is 70.3 Å². The van der Waals surface area contributed by atoms with Gasteiger partial charge in [0.1, 0.15) is 11.5 Å². The average molecular weight is 464 g/mol. The van der Waals surface area contributed by atoms with Gasteiger partial charge in [-0.25, -0.2) is 19.3 Å². The fraction of sp³-hybridized carbons (Fsp3) is 0. The maximum absolute atomic E-state index is 13.3. The first-order valence-corrected chi connectivity index (χ1v) is 9.58. The summed E-state index contributed by atoms with van der Waals surface area (Å²) in [5.74, 6) is 0.308. The number of anilines is 2. The van der Waals surface area contributed by atoms with Crippen LogP contribution >= 0.6 is 15.9 Å². The van der Waals surface area contributed by atoms with Gasteiger partial charge >= 0.3 is 0 Å². The number of hydrogen-bond donors (Lipinski definition) is 1. The van der Waals surface area contributed by atoms with Gasteiger partial charge in [-0.2, -0.15) is 4.52 Å². The fourth-order valence-electron chi connectivity index (χ4n) is 2.99. The van der Waals surface area contributed by atoms with Gasteiger partial charge in [0.15, 0.2) is 11.5 Å². The van der Waals surface area contributed by atoms with E-state index in [1.54, 1.807) is 12.1 Å². The van der Waals surface area contributed by atoms with E-state index in [1.807, 2.05) is 18.2 Å². The lowest BCUT2D eigenvalue weighted by molar-refractivity contribution is 0.628. The standard InChI is InChI=1S/C20H11BrFN7O/c21-14-3-1-2-13-16(14)26-20(25-15-10-23-8-9-24-19(15)30)29-18(13)27-17(28-29)11-4-6-12(22)7-5-11/h1-10H,(H,24,25,26,30). The Morgan fingerprint density at radius 2 is 1.87 bits per heavy atom. The van der Waals surface area contributed by atoms with E-state index in [0.29, 0.717) is 22.6 Å². The summed E-state index contributed by atoms with van der Waals surface area (Å²) in [6, 6.07) is 11.5. The molecule has 3 heterocycles. The molecule has 0 atom stereocenters. The molecule has 0 aliphatic rings. The van der Waals surface area contributed by atoms with Crippen LogP contribution in [0.25, 0.3) is 27.9 Å². The van der Waals surface area contributed by atoms with Crippen molar-refractivity contribution in [3.8, 4) is 11.4 Å².